The highest BCUT2D eigenvalue weighted by molar-refractivity contribution is 9.11. The van der Waals surface area contributed by atoms with Crippen LogP contribution in [-0.4, -0.2) is 6.04 Å². The fourth-order valence-corrected chi connectivity index (χ4v) is 3.29. The van der Waals surface area contributed by atoms with E-state index in [4.69, 9.17) is 4.74 Å². The number of benzene rings is 2. The summed E-state index contributed by atoms with van der Waals surface area (Å²) in [7, 11) is 0. The van der Waals surface area contributed by atoms with Crippen molar-refractivity contribution >= 4 is 31.9 Å². The largest absolute Gasteiger partial charge is 0.456 e. The Morgan fingerprint density at radius 1 is 1.10 bits per heavy atom. The summed E-state index contributed by atoms with van der Waals surface area (Å²) in [5, 5.41) is 3.53. The van der Waals surface area contributed by atoms with Gasteiger partial charge in [0.2, 0.25) is 0 Å². The van der Waals surface area contributed by atoms with Crippen LogP contribution in [-0.2, 0) is 6.54 Å². The maximum Gasteiger partial charge on any atom is 0.141 e. The van der Waals surface area contributed by atoms with E-state index in [9.17, 15) is 0 Å². The molecule has 1 N–H and O–H groups in total. The second-order valence-corrected chi connectivity index (χ2v) is 7.20. The Labute approximate surface area is 142 Å². The zero-order valence-corrected chi connectivity index (χ0v) is 15.0. The van der Waals surface area contributed by atoms with Crippen molar-refractivity contribution in [2.24, 2.45) is 0 Å². The number of ether oxygens (including phenoxy) is 1. The van der Waals surface area contributed by atoms with Crippen molar-refractivity contribution in [1.82, 2.24) is 5.32 Å². The van der Waals surface area contributed by atoms with Crippen molar-refractivity contribution in [3.8, 4) is 11.5 Å². The Kier molecular flexibility index (Phi) is 4.67. The van der Waals surface area contributed by atoms with Gasteiger partial charge in [-0.1, -0.05) is 28.1 Å². The van der Waals surface area contributed by atoms with Crippen LogP contribution in [0.4, 0.5) is 0 Å². The van der Waals surface area contributed by atoms with Crippen molar-refractivity contribution in [2.45, 2.75) is 32.4 Å². The lowest BCUT2D eigenvalue weighted by molar-refractivity contribution is 0.475. The number of hydrogen-bond acceptors (Lipinski definition) is 2. The maximum absolute atomic E-state index is 6.00. The van der Waals surface area contributed by atoms with Gasteiger partial charge >= 0.3 is 0 Å². The summed E-state index contributed by atoms with van der Waals surface area (Å²) in [4.78, 5) is 0. The zero-order valence-electron chi connectivity index (χ0n) is 11.8. The predicted octanol–water partition coefficient (Wildman–Crippen LogP) is 5.56. The molecule has 0 aromatic heterocycles. The third-order valence-corrected chi connectivity index (χ3v) is 4.64. The summed E-state index contributed by atoms with van der Waals surface area (Å²) in [6.45, 7) is 3.02. The van der Waals surface area contributed by atoms with Crippen LogP contribution >= 0.6 is 31.9 Å². The standard InChI is InChI=1S/C17H17Br2NO/c1-11-8-12(10-20-14-4-5-14)2-6-16(11)21-17-7-3-13(18)9-15(17)19/h2-3,6-9,14,20H,4-5,10H2,1H3. The molecular weight excluding hydrogens is 394 g/mol. The third kappa shape index (κ3) is 4.09. The maximum atomic E-state index is 6.00. The van der Waals surface area contributed by atoms with Crippen LogP contribution in [0, 0.1) is 6.92 Å². The van der Waals surface area contributed by atoms with Crippen LogP contribution in [0.5, 0.6) is 11.5 Å². The Bertz CT molecular complexity index is 653. The molecule has 0 atom stereocenters. The van der Waals surface area contributed by atoms with Gasteiger partial charge in [0.1, 0.15) is 11.5 Å². The summed E-state index contributed by atoms with van der Waals surface area (Å²) in [5.74, 6) is 1.72. The molecule has 0 aliphatic heterocycles. The molecule has 0 amide bonds. The molecule has 110 valence electrons. The second-order valence-electron chi connectivity index (χ2n) is 5.43. The average molecular weight is 411 g/mol. The molecule has 4 heteroatoms. The zero-order chi connectivity index (χ0) is 14.8. The van der Waals surface area contributed by atoms with E-state index in [-0.39, 0.29) is 0 Å². The van der Waals surface area contributed by atoms with E-state index in [0.29, 0.717) is 0 Å². The summed E-state index contributed by atoms with van der Waals surface area (Å²) < 4.78 is 7.97. The molecule has 0 radical (unpaired) electrons. The van der Waals surface area contributed by atoms with E-state index in [1.807, 2.05) is 24.3 Å². The van der Waals surface area contributed by atoms with Gasteiger partial charge in [0.25, 0.3) is 0 Å². The lowest BCUT2D eigenvalue weighted by atomic mass is 10.1. The van der Waals surface area contributed by atoms with Gasteiger partial charge in [-0.05, 0) is 71.1 Å². The summed E-state index contributed by atoms with van der Waals surface area (Å²) >= 11 is 6.97. The molecule has 2 aromatic rings. The Morgan fingerprint density at radius 3 is 2.52 bits per heavy atom. The van der Waals surface area contributed by atoms with E-state index in [1.54, 1.807) is 0 Å². The number of nitrogens with one attached hydrogen (secondary N) is 1. The van der Waals surface area contributed by atoms with Gasteiger partial charge in [-0.25, -0.2) is 0 Å². The van der Waals surface area contributed by atoms with Crippen LogP contribution in [0.25, 0.3) is 0 Å². The summed E-state index contributed by atoms with van der Waals surface area (Å²) in [6.07, 6.45) is 2.63. The third-order valence-electron chi connectivity index (χ3n) is 3.53. The van der Waals surface area contributed by atoms with Crippen molar-refractivity contribution in [3.05, 3.63) is 56.5 Å². The normalized spacial score (nSPS) is 14.2. The molecule has 1 aliphatic carbocycles. The van der Waals surface area contributed by atoms with Crippen LogP contribution < -0.4 is 10.1 Å². The second kappa shape index (κ2) is 6.51. The highest BCUT2D eigenvalue weighted by Crippen LogP contribution is 2.33. The molecule has 0 spiro atoms. The molecule has 1 saturated carbocycles. The first-order valence-corrected chi connectivity index (χ1v) is 8.66. The first kappa shape index (κ1) is 15.1. The first-order chi connectivity index (χ1) is 10.1. The molecule has 0 saturated heterocycles. The topological polar surface area (TPSA) is 21.3 Å². The van der Waals surface area contributed by atoms with Gasteiger partial charge in [-0.3, -0.25) is 0 Å². The Hall–Kier alpha value is -0.840. The highest BCUT2D eigenvalue weighted by atomic mass is 79.9. The molecule has 21 heavy (non-hydrogen) atoms. The van der Waals surface area contributed by atoms with E-state index >= 15 is 0 Å². The van der Waals surface area contributed by atoms with Gasteiger partial charge in [-0.15, -0.1) is 0 Å². The minimum atomic E-state index is 0.736. The highest BCUT2D eigenvalue weighted by Gasteiger charge is 2.20. The molecule has 3 rings (SSSR count). The molecule has 2 aromatic carbocycles. The van der Waals surface area contributed by atoms with Gasteiger partial charge in [0, 0.05) is 17.1 Å². The lowest BCUT2D eigenvalue weighted by Gasteiger charge is -2.12. The SMILES string of the molecule is Cc1cc(CNC2CC2)ccc1Oc1ccc(Br)cc1Br. The fourth-order valence-electron chi connectivity index (χ4n) is 2.16. The minimum absolute atomic E-state index is 0.736. The van der Waals surface area contributed by atoms with E-state index in [0.717, 1.165) is 38.6 Å². The number of aryl methyl sites for hydroxylation is 1. The van der Waals surface area contributed by atoms with Crippen molar-refractivity contribution < 1.29 is 4.74 Å². The summed E-state index contributed by atoms with van der Waals surface area (Å²) in [5.41, 5.74) is 2.46. The number of halogens is 2. The predicted molar refractivity (Wildman–Crippen MR) is 93.0 cm³/mol. The van der Waals surface area contributed by atoms with Crippen LogP contribution in [0.15, 0.2) is 45.3 Å². The van der Waals surface area contributed by atoms with E-state index < -0.39 is 0 Å². The molecule has 1 aliphatic rings. The molecular formula is C17H17Br2NO. The quantitative estimate of drug-likeness (QED) is 0.696. The first-order valence-electron chi connectivity index (χ1n) is 7.07. The smallest absolute Gasteiger partial charge is 0.141 e. The van der Waals surface area contributed by atoms with Crippen molar-refractivity contribution in [2.75, 3.05) is 0 Å². The van der Waals surface area contributed by atoms with Gasteiger partial charge in [0.15, 0.2) is 0 Å². The summed E-state index contributed by atoms with van der Waals surface area (Å²) in [6, 6.07) is 13.0. The molecule has 1 fully saturated rings. The van der Waals surface area contributed by atoms with Gasteiger partial charge in [0.05, 0.1) is 4.47 Å². The van der Waals surface area contributed by atoms with Crippen LogP contribution in [0.2, 0.25) is 0 Å². The van der Waals surface area contributed by atoms with Gasteiger partial charge < -0.3 is 10.1 Å². The van der Waals surface area contributed by atoms with E-state index in [1.165, 1.54) is 18.4 Å². The minimum Gasteiger partial charge on any atom is -0.456 e. The Morgan fingerprint density at radius 2 is 1.86 bits per heavy atom. The lowest BCUT2D eigenvalue weighted by Crippen LogP contribution is -2.15. The van der Waals surface area contributed by atoms with E-state index in [2.05, 4.69) is 56.2 Å². The van der Waals surface area contributed by atoms with Crippen LogP contribution in [0.1, 0.15) is 24.0 Å². The average Bonchev–Trinajstić information content (AvgIpc) is 3.26. The fraction of sp³-hybridized carbons (Fsp3) is 0.294. The Balaban J connectivity index is 1.72. The monoisotopic (exact) mass is 409 g/mol. The van der Waals surface area contributed by atoms with Crippen molar-refractivity contribution in [3.63, 3.8) is 0 Å². The van der Waals surface area contributed by atoms with Gasteiger partial charge in [-0.2, -0.15) is 0 Å². The molecule has 2 nitrogen and oxygen atoms in total. The number of rotatable bonds is 5. The molecule has 0 unspecified atom stereocenters. The van der Waals surface area contributed by atoms with Crippen LogP contribution in [0.3, 0.4) is 0 Å². The molecule has 0 bridgehead atoms. The van der Waals surface area contributed by atoms with Crippen molar-refractivity contribution in [1.29, 1.82) is 0 Å². The molecule has 0 heterocycles. The number of hydrogen-bond donors (Lipinski definition) is 1.